The first-order valence-electron chi connectivity index (χ1n) is 14.1. The Morgan fingerprint density at radius 1 is 1.07 bits per heavy atom. The fraction of sp³-hybridized carbons (Fsp3) is 0.516. The molecule has 2 aromatic carbocycles. The van der Waals surface area contributed by atoms with Crippen molar-refractivity contribution in [2.24, 2.45) is 5.92 Å². The van der Waals surface area contributed by atoms with E-state index in [0.717, 1.165) is 34.6 Å². The van der Waals surface area contributed by atoms with E-state index in [1.807, 2.05) is 42.6 Å². The van der Waals surface area contributed by atoms with Gasteiger partial charge in [0.25, 0.3) is 0 Å². The molecule has 2 amide bonds. The van der Waals surface area contributed by atoms with Crippen LogP contribution in [-0.4, -0.2) is 68.7 Å². The second-order valence-electron chi connectivity index (χ2n) is 10.5. The van der Waals surface area contributed by atoms with Crippen molar-refractivity contribution in [1.29, 1.82) is 0 Å². The Balaban J connectivity index is 1.88. The summed E-state index contributed by atoms with van der Waals surface area (Å²) < 4.78 is 17.1. The van der Waals surface area contributed by atoms with Gasteiger partial charge in [0.2, 0.25) is 23.0 Å². The Labute approximate surface area is 246 Å². The highest BCUT2D eigenvalue weighted by Gasteiger charge is 2.32. The van der Waals surface area contributed by atoms with Crippen molar-refractivity contribution in [3.05, 3.63) is 45.6 Å². The molecule has 1 aliphatic heterocycles. The Bertz CT molecular complexity index is 1340. The van der Waals surface area contributed by atoms with E-state index >= 15 is 0 Å². The number of nitrogens with one attached hydrogen (secondary N) is 2. The minimum absolute atomic E-state index is 0.0180. The van der Waals surface area contributed by atoms with Crippen LogP contribution >= 0.6 is 11.8 Å². The van der Waals surface area contributed by atoms with Crippen LogP contribution in [0.15, 0.2) is 29.1 Å². The number of hydrogen-bond donors (Lipinski definition) is 2. The number of methoxy groups -OCH3 is 3. The van der Waals surface area contributed by atoms with Gasteiger partial charge in [-0.25, -0.2) is 0 Å². The molecule has 0 aromatic heterocycles. The smallest absolute Gasteiger partial charge is 0.245 e. The zero-order valence-corrected chi connectivity index (χ0v) is 25.6. The van der Waals surface area contributed by atoms with Crippen LogP contribution in [0.2, 0.25) is 0 Å². The summed E-state index contributed by atoms with van der Waals surface area (Å²) in [6.45, 7) is 6.97. The number of anilines is 1. The number of fused-ring (bicyclic) bond motifs is 3. The van der Waals surface area contributed by atoms with Gasteiger partial charge in [-0.3, -0.25) is 14.4 Å². The minimum atomic E-state index is -0.532. The summed E-state index contributed by atoms with van der Waals surface area (Å²) in [6, 6.07) is 6.20. The molecular weight excluding hydrogens is 542 g/mol. The van der Waals surface area contributed by atoms with Crippen LogP contribution in [0.25, 0.3) is 11.1 Å². The maximum absolute atomic E-state index is 13.8. The van der Waals surface area contributed by atoms with Gasteiger partial charge >= 0.3 is 0 Å². The van der Waals surface area contributed by atoms with Crippen molar-refractivity contribution in [2.45, 2.75) is 52.1 Å². The van der Waals surface area contributed by atoms with Crippen molar-refractivity contribution in [2.75, 3.05) is 51.2 Å². The first kappa shape index (κ1) is 30.6. The first-order chi connectivity index (χ1) is 19.7. The van der Waals surface area contributed by atoms with Gasteiger partial charge in [-0.15, -0.1) is 0 Å². The highest BCUT2D eigenvalue weighted by atomic mass is 32.2. The van der Waals surface area contributed by atoms with Crippen LogP contribution < -0.4 is 30.3 Å². The third-order valence-corrected chi connectivity index (χ3v) is 8.97. The molecule has 0 unspecified atom stereocenters. The number of nitrogens with zero attached hydrogens (tertiary/aromatic N) is 1. The average Bonchev–Trinajstić information content (AvgIpc) is 3.22. The number of ether oxygens (including phenoxy) is 3. The third kappa shape index (κ3) is 6.42. The Morgan fingerprint density at radius 2 is 1.78 bits per heavy atom. The van der Waals surface area contributed by atoms with E-state index in [2.05, 4.69) is 10.6 Å². The molecule has 1 aliphatic carbocycles. The minimum Gasteiger partial charge on any atom is -0.493 e. The third-order valence-electron chi connectivity index (χ3n) is 8.03. The highest BCUT2D eigenvalue weighted by Crippen LogP contribution is 2.50. The van der Waals surface area contributed by atoms with Crippen LogP contribution in [0.5, 0.6) is 17.2 Å². The number of hydrogen-bond acceptors (Lipinski definition) is 8. The summed E-state index contributed by atoms with van der Waals surface area (Å²) in [5.41, 5.74) is 3.26. The van der Waals surface area contributed by atoms with Gasteiger partial charge in [0.05, 0.1) is 33.1 Å². The van der Waals surface area contributed by atoms with E-state index < -0.39 is 12.1 Å². The molecule has 3 atom stereocenters. The Kier molecular flexibility index (Phi) is 10.1. The van der Waals surface area contributed by atoms with Crippen LogP contribution in [-0.2, 0) is 16.0 Å². The normalized spacial score (nSPS) is 17.7. The summed E-state index contributed by atoms with van der Waals surface area (Å²) in [4.78, 5) is 41.5. The van der Waals surface area contributed by atoms with Gasteiger partial charge in [-0.1, -0.05) is 26.3 Å². The molecule has 10 heteroatoms. The molecule has 222 valence electrons. The second kappa shape index (κ2) is 13.5. The lowest BCUT2D eigenvalue weighted by molar-refractivity contribution is -0.132. The molecule has 2 N–H and O–H groups in total. The maximum atomic E-state index is 13.8. The molecule has 0 spiro atoms. The molecule has 2 aliphatic rings. The lowest BCUT2D eigenvalue weighted by Gasteiger charge is -2.33. The quantitative estimate of drug-likeness (QED) is 0.451. The van der Waals surface area contributed by atoms with E-state index in [9.17, 15) is 14.4 Å². The molecule has 1 fully saturated rings. The Hall–Kier alpha value is -3.40. The molecule has 0 bridgehead atoms. The van der Waals surface area contributed by atoms with Crippen molar-refractivity contribution in [1.82, 2.24) is 10.2 Å². The van der Waals surface area contributed by atoms with Crippen molar-refractivity contribution < 1.29 is 23.8 Å². The molecule has 4 rings (SSSR count). The molecule has 0 saturated carbocycles. The van der Waals surface area contributed by atoms with Crippen LogP contribution in [0.4, 0.5) is 5.69 Å². The van der Waals surface area contributed by atoms with Gasteiger partial charge in [-0.05, 0) is 53.6 Å². The summed E-state index contributed by atoms with van der Waals surface area (Å²) in [5.74, 6) is 3.17. The number of rotatable bonds is 9. The zero-order valence-electron chi connectivity index (χ0n) is 24.8. The standard InChI is InChI=1S/C31H41N3O6S/c1-7-18(2)28(31(37)34-12-14-41-15-13-34)33-24-11-9-21-22(17-25(24)36)23(32-19(3)35)10-8-20-16-26(38-4)29(39-5)30(40-6)27(20)21/h9,11,16-18,23,28H,7-8,10,12-15H2,1-6H3,(H,32,35)(H,33,36)/t18-,23-,28+/m0/s1. The van der Waals surface area contributed by atoms with E-state index in [-0.39, 0.29) is 23.2 Å². The number of carbonyl (C=O) groups excluding carboxylic acids is 2. The van der Waals surface area contributed by atoms with Gasteiger partial charge in [0, 0.05) is 37.1 Å². The van der Waals surface area contributed by atoms with E-state index in [1.165, 1.54) is 6.92 Å². The van der Waals surface area contributed by atoms with Gasteiger partial charge in [0.15, 0.2) is 11.5 Å². The number of aryl methyl sites for hydroxylation is 1. The zero-order chi connectivity index (χ0) is 29.7. The molecule has 1 saturated heterocycles. The molecule has 1 heterocycles. The SMILES string of the molecule is CC[C@H](C)[C@@H](Nc1ccc2c(cc1=O)[C@@H](NC(C)=O)CCc1cc(OC)c(OC)c(OC)c1-2)C(=O)N1CCSCC1. The molecule has 2 aromatic rings. The number of benzene rings is 1. The van der Waals surface area contributed by atoms with Gasteiger partial charge < -0.3 is 29.7 Å². The maximum Gasteiger partial charge on any atom is 0.245 e. The molecule has 9 nitrogen and oxygen atoms in total. The van der Waals surface area contributed by atoms with Crippen LogP contribution in [0, 0.1) is 5.92 Å². The van der Waals surface area contributed by atoms with Crippen molar-refractivity contribution in [3.63, 3.8) is 0 Å². The second-order valence-corrected chi connectivity index (χ2v) is 11.8. The van der Waals surface area contributed by atoms with Crippen LogP contribution in [0.3, 0.4) is 0 Å². The molecule has 41 heavy (non-hydrogen) atoms. The first-order valence-corrected chi connectivity index (χ1v) is 15.3. The van der Waals surface area contributed by atoms with E-state index in [0.29, 0.717) is 54.4 Å². The topological polar surface area (TPSA) is 106 Å². The molecule has 0 radical (unpaired) electrons. The van der Waals surface area contributed by atoms with E-state index in [1.54, 1.807) is 33.5 Å². The van der Waals surface area contributed by atoms with E-state index in [4.69, 9.17) is 14.2 Å². The predicted octanol–water partition coefficient (Wildman–Crippen LogP) is 4.27. The number of amides is 2. The number of carbonyl (C=O) groups is 2. The van der Waals surface area contributed by atoms with Gasteiger partial charge in [-0.2, -0.15) is 11.8 Å². The lowest BCUT2D eigenvalue weighted by atomic mass is 9.95. The van der Waals surface area contributed by atoms with Gasteiger partial charge in [0.1, 0.15) is 6.04 Å². The monoisotopic (exact) mass is 583 g/mol. The predicted molar refractivity (Wildman–Crippen MR) is 163 cm³/mol. The van der Waals surface area contributed by atoms with Crippen LogP contribution in [0.1, 0.15) is 50.8 Å². The fourth-order valence-corrected chi connectivity index (χ4v) is 6.56. The number of thioether (sulfide) groups is 1. The fourth-order valence-electron chi connectivity index (χ4n) is 5.66. The highest BCUT2D eigenvalue weighted by molar-refractivity contribution is 7.99. The summed E-state index contributed by atoms with van der Waals surface area (Å²) >= 11 is 1.85. The average molecular weight is 584 g/mol. The molecular formula is C31H41N3O6S. The largest absolute Gasteiger partial charge is 0.493 e. The summed E-state index contributed by atoms with van der Waals surface area (Å²) in [7, 11) is 4.71. The summed E-state index contributed by atoms with van der Waals surface area (Å²) in [5, 5.41) is 6.36. The summed E-state index contributed by atoms with van der Waals surface area (Å²) in [6.07, 6.45) is 1.98. The Morgan fingerprint density at radius 3 is 2.39 bits per heavy atom. The van der Waals surface area contributed by atoms with Crippen molar-refractivity contribution in [3.8, 4) is 28.4 Å². The lowest BCUT2D eigenvalue weighted by Crippen LogP contribution is -2.49. The van der Waals surface area contributed by atoms with Crippen molar-refractivity contribution >= 4 is 29.3 Å².